The van der Waals surface area contributed by atoms with Crippen LogP contribution in [0.25, 0.3) is 0 Å². The zero-order chi connectivity index (χ0) is 32.4. The summed E-state index contributed by atoms with van der Waals surface area (Å²) in [6.07, 6.45) is -3.20. The van der Waals surface area contributed by atoms with Crippen molar-refractivity contribution in [1.82, 2.24) is 5.32 Å². The molecule has 0 aromatic heterocycles. The number of amides is 2. The zero-order valence-electron chi connectivity index (χ0n) is 26.4. The van der Waals surface area contributed by atoms with Crippen LogP contribution in [0, 0.1) is 0 Å². The van der Waals surface area contributed by atoms with Crippen LogP contribution in [0.4, 0.5) is 15.3 Å². The molecule has 0 bridgehead atoms. The van der Waals surface area contributed by atoms with E-state index in [1.54, 1.807) is 86.6 Å². The molecule has 11 nitrogen and oxygen atoms in total. The van der Waals surface area contributed by atoms with Crippen LogP contribution >= 0.6 is 0 Å². The van der Waals surface area contributed by atoms with Gasteiger partial charge in [-0.15, -0.1) is 0 Å². The first-order valence-electron chi connectivity index (χ1n) is 13.9. The molecule has 236 valence electrons. The molecule has 2 aromatic carbocycles. The van der Waals surface area contributed by atoms with Gasteiger partial charge in [-0.05, 0) is 85.6 Å². The number of alkyl carbamates (subject to hydrolysis) is 1. The van der Waals surface area contributed by atoms with Gasteiger partial charge in [0.1, 0.15) is 23.4 Å². The summed E-state index contributed by atoms with van der Waals surface area (Å²) in [6, 6.07) is 14.3. The number of ether oxygens (including phenoxy) is 5. The lowest BCUT2D eigenvalue weighted by Gasteiger charge is -2.31. The molecule has 0 aliphatic rings. The van der Waals surface area contributed by atoms with E-state index in [1.165, 1.54) is 0 Å². The Labute approximate surface area is 253 Å². The molecule has 0 aliphatic heterocycles. The van der Waals surface area contributed by atoms with Crippen LogP contribution in [-0.4, -0.2) is 53.1 Å². The number of benzene rings is 2. The molecule has 0 aliphatic carbocycles. The second-order valence-corrected chi connectivity index (χ2v) is 12.8. The Bertz CT molecular complexity index is 1240. The van der Waals surface area contributed by atoms with E-state index in [4.69, 9.17) is 23.7 Å². The third-order valence-corrected chi connectivity index (χ3v) is 5.09. The Morgan fingerprint density at radius 2 is 1.21 bits per heavy atom. The van der Waals surface area contributed by atoms with Gasteiger partial charge in [-0.3, -0.25) is 5.32 Å². The Balaban J connectivity index is 2.26. The van der Waals surface area contributed by atoms with Gasteiger partial charge in [0.15, 0.2) is 12.1 Å². The number of hydrogen-bond acceptors (Lipinski definition) is 9. The number of rotatable bonds is 10. The molecule has 2 amide bonds. The molecular weight excluding hydrogens is 556 g/mol. The van der Waals surface area contributed by atoms with Gasteiger partial charge >= 0.3 is 24.1 Å². The summed E-state index contributed by atoms with van der Waals surface area (Å²) in [5, 5.41) is 5.08. The molecule has 43 heavy (non-hydrogen) atoms. The number of esters is 2. The fourth-order valence-corrected chi connectivity index (χ4v) is 3.52. The SMILES string of the molecule is CC(C)(C)OC(=O)N[C@H](C(=O)OC(C)(C)C)[C@H](OCc1cccc(NC(=O)OCc2ccccc2)c1)C(=O)OC(C)(C)C. The number of anilines is 1. The first kappa shape index (κ1) is 35.1. The maximum atomic E-state index is 13.3. The van der Waals surface area contributed by atoms with Gasteiger partial charge < -0.3 is 29.0 Å². The molecule has 2 aromatic rings. The van der Waals surface area contributed by atoms with E-state index in [2.05, 4.69) is 10.6 Å². The summed E-state index contributed by atoms with van der Waals surface area (Å²) in [4.78, 5) is 51.7. The molecule has 0 heterocycles. The van der Waals surface area contributed by atoms with Crippen LogP contribution in [0.2, 0.25) is 0 Å². The van der Waals surface area contributed by atoms with Crippen LogP contribution in [0.1, 0.15) is 73.4 Å². The molecule has 0 unspecified atom stereocenters. The van der Waals surface area contributed by atoms with Crippen molar-refractivity contribution in [2.75, 3.05) is 5.32 Å². The second kappa shape index (κ2) is 14.9. The number of carbonyl (C=O) groups is 4. The Morgan fingerprint density at radius 1 is 0.651 bits per heavy atom. The Hall–Kier alpha value is -4.12. The first-order chi connectivity index (χ1) is 19.8. The fourth-order valence-electron chi connectivity index (χ4n) is 3.52. The molecule has 0 spiro atoms. The fraction of sp³-hybridized carbons (Fsp3) is 0.500. The van der Waals surface area contributed by atoms with Crippen LogP contribution in [0.5, 0.6) is 0 Å². The van der Waals surface area contributed by atoms with Gasteiger partial charge in [-0.2, -0.15) is 0 Å². The highest BCUT2D eigenvalue weighted by molar-refractivity contribution is 5.89. The lowest BCUT2D eigenvalue weighted by atomic mass is 10.1. The normalized spacial score (nSPS) is 13.2. The largest absolute Gasteiger partial charge is 0.458 e. The third-order valence-electron chi connectivity index (χ3n) is 5.09. The third kappa shape index (κ3) is 14.1. The predicted octanol–water partition coefficient (Wildman–Crippen LogP) is 5.90. The number of carbonyl (C=O) groups excluding carboxylic acids is 4. The lowest BCUT2D eigenvalue weighted by molar-refractivity contribution is -0.180. The Morgan fingerprint density at radius 3 is 1.79 bits per heavy atom. The maximum Gasteiger partial charge on any atom is 0.411 e. The number of hydrogen-bond donors (Lipinski definition) is 2. The van der Waals surface area contributed by atoms with E-state index in [0.717, 1.165) is 5.56 Å². The van der Waals surface area contributed by atoms with E-state index in [-0.39, 0.29) is 13.2 Å². The lowest BCUT2D eigenvalue weighted by Crippen LogP contribution is -2.56. The van der Waals surface area contributed by atoms with Crippen LogP contribution < -0.4 is 10.6 Å². The van der Waals surface area contributed by atoms with Crippen molar-refractivity contribution >= 4 is 29.8 Å². The summed E-state index contributed by atoms with van der Waals surface area (Å²) in [5.74, 6) is -1.80. The molecule has 0 radical (unpaired) electrons. The summed E-state index contributed by atoms with van der Waals surface area (Å²) in [5.41, 5.74) is -0.919. The van der Waals surface area contributed by atoms with E-state index < -0.39 is 53.1 Å². The second-order valence-electron chi connectivity index (χ2n) is 12.8. The molecule has 11 heteroatoms. The monoisotopic (exact) mass is 600 g/mol. The van der Waals surface area contributed by atoms with Crippen molar-refractivity contribution in [3.63, 3.8) is 0 Å². The van der Waals surface area contributed by atoms with Crippen LogP contribution in [0.15, 0.2) is 54.6 Å². The molecule has 2 rings (SSSR count). The highest BCUT2D eigenvalue weighted by atomic mass is 16.6. The van der Waals surface area contributed by atoms with Crippen LogP contribution in [-0.2, 0) is 46.5 Å². The predicted molar refractivity (Wildman–Crippen MR) is 160 cm³/mol. The summed E-state index contributed by atoms with van der Waals surface area (Å²) < 4.78 is 27.6. The molecule has 2 atom stereocenters. The minimum Gasteiger partial charge on any atom is -0.458 e. The van der Waals surface area contributed by atoms with Crippen molar-refractivity contribution in [2.24, 2.45) is 0 Å². The highest BCUT2D eigenvalue weighted by Gasteiger charge is 2.42. The average Bonchev–Trinajstić information content (AvgIpc) is 2.84. The molecule has 0 fully saturated rings. The zero-order valence-corrected chi connectivity index (χ0v) is 26.4. The Kier molecular flexibility index (Phi) is 12.1. The van der Waals surface area contributed by atoms with Gasteiger partial charge in [0.25, 0.3) is 0 Å². The van der Waals surface area contributed by atoms with Gasteiger partial charge in [0.2, 0.25) is 0 Å². The topological polar surface area (TPSA) is 138 Å². The minimum atomic E-state index is -1.60. The molecule has 2 N–H and O–H groups in total. The summed E-state index contributed by atoms with van der Waals surface area (Å²) in [6.45, 7) is 14.9. The van der Waals surface area contributed by atoms with Crippen molar-refractivity contribution in [3.05, 3.63) is 65.7 Å². The van der Waals surface area contributed by atoms with Gasteiger partial charge in [0.05, 0.1) is 6.61 Å². The van der Waals surface area contributed by atoms with Crippen molar-refractivity contribution < 1.29 is 42.9 Å². The standard InChI is InChI=1S/C32H44N2O9/c1-30(2,3)41-26(35)24(34-29(38)43-32(7,8)9)25(27(36)42-31(4,5)6)39-20-22-16-13-17-23(18-22)33-28(37)40-19-21-14-11-10-12-15-21/h10-18,24-25H,19-20H2,1-9H3,(H,33,37)(H,34,38)/t24-,25-/m0/s1. The summed E-state index contributed by atoms with van der Waals surface area (Å²) >= 11 is 0. The van der Waals surface area contributed by atoms with Crippen molar-refractivity contribution in [2.45, 2.75) is 104 Å². The van der Waals surface area contributed by atoms with Crippen LogP contribution in [0.3, 0.4) is 0 Å². The first-order valence-corrected chi connectivity index (χ1v) is 13.9. The van der Waals surface area contributed by atoms with E-state index in [9.17, 15) is 19.2 Å². The number of nitrogens with one attached hydrogen (secondary N) is 2. The van der Waals surface area contributed by atoms with E-state index in [0.29, 0.717) is 11.3 Å². The molecule has 0 saturated carbocycles. The van der Waals surface area contributed by atoms with Gasteiger partial charge in [-0.1, -0.05) is 42.5 Å². The van der Waals surface area contributed by atoms with E-state index in [1.807, 2.05) is 30.3 Å². The molecule has 0 saturated heterocycles. The molecular formula is C32H44N2O9. The minimum absolute atomic E-state index is 0.101. The highest BCUT2D eigenvalue weighted by Crippen LogP contribution is 2.19. The quantitative estimate of drug-likeness (QED) is 0.252. The smallest absolute Gasteiger partial charge is 0.411 e. The average molecular weight is 601 g/mol. The van der Waals surface area contributed by atoms with E-state index >= 15 is 0 Å². The van der Waals surface area contributed by atoms with Crippen molar-refractivity contribution in [1.29, 1.82) is 0 Å². The van der Waals surface area contributed by atoms with Gasteiger partial charge in [0, 0.05) is 5.69 Å². The maximum absolute atomic E-state index is 13.3. The van der Waals surface area contributed by atoms with Crippen molar-refractivity contribution in [3.8, 4) is 0 Å². The van der Waals surface area contributed by atoms with Gasteiger partial charge in [-0.25, -0.2) is 19.2 Å². The summed E-state index contributed by atoms with van der Waals surface area (Å²) in [7, 11) is 0.